The molecule has 6 heteroatoms. The summed E-state index contributed by atoms with van der Waals surface area (Å²) in [5.74, 6) is -0.0621. The molecular formula is C14H21N3O2S. The van der Waals surface area contributed by atoms with Crippen LogP contribution < -0.4 is 11.1 Å². The first-order valence-corrected chi connectivity index (χ1v) is 7.91. The molecule has 0 radical (unpaired) electrons. The third-order valence-electron chi connectivity index (χ3n) is 4.02. The second-order valence-electron chi connectivity index (χ2n) is 5.27. The van der Waals surface area contributed by atoms with Gasteiger partial charge in [-0.15, -0.1) is 0 Å². The topological polar surface area (TPSA) is 87.7 Å². The molecular weight excluding hydrogens is 274 g/mol. The van der Waals surface area contributed by atoms with Gasteiger partial charge in [-0.25, -0.2) is 0 Å². The van der Waals surface area contributed by atoms with Gasteiger partial charge >= 0.3 is 0 Å². The smallest absolute Gasteiger partial charge is 0.233 e. The van der Waals surface area contributed by atoms with Crippen LogP contribution in [0, 0.1) is 5.41 Å². The summed E-state index contributed by atoms with van der Waals surface area (Å²) in [7, 11) is 0. The summed E-state index contributed by atoms with van der Waals surface area (Å²) in [5, 5.41) is 19.1. The molecule has 5 nitrogen and oxygen atoms in total. The van der Waals surface area contributed by atoms with Gasteiger partial charge in [0.2, 0.25) is 5.91 Å². The monoisotopic (exact) mass is 295 g/mol. The molecule has 1 aliphatic rings. The van der Waals surface area contributed by atoms with Crippen LogP contribution in [0.3, 0.4) is 0 Å². The van der Waals surface area contributed by atoms with Crippen LogP contribution in [0.15, 0.2) is 22.0 Å². The molecule has 1 amide bonds. The lowest BCUT2D eigenvalue weighted by atomic mass is 9.72. The zero-order valence-electron chi connectivity index (χ0n) is 11.5. The van der Waals surface area contributed by atoms with Crippen LogP contribution in [0.2, 0.25) is 0 Å². The molecule has 0 spiro atoms. The van der Waals surface area contributed by atoms with Crippen LogP contribution in [0.1, 0.15) is 37.7 Å². The second-order valence-corrected chi connectivity index (χ2v) is 6.05. The highest BCUT2D eigenvalue weighted by molar-refractivity contribution is 7.07. The van der Waals surface area contributed by atoms with Crippen LogP contribution in [-0.4, -0.2) is 23.5 Å². The minimum atomic E-state index is -0.818. The quantitative estimate of drug-likeness (QED) is 0.336. The number of carbonyl (C=O) groups excluding carboxylic acids is 1. The van der Waals surface area contributed by atoms with E-state index >= 15 is 0 Å². The van der Waals surface area contributed by atoms with Gasteiger partial charge in [-0.2, -0.15) is 11.3 Å². The number of rotatable bonds is 5. The summed E-state index contributed by atoms with van der Waals surface area (Å²) in [5.41, 5.74) is 6.19. The van der Waals surface area contributed by atoms with Crippen molar-refractivity contribution in [2.75, 3.05) is 6.54 Å². The number of hydrogen-bond donors (Lipinski definition) is 3. The van der Waals surface area contributed by atoms with Gasteiger partial charge in [0, 0.05) is 6.54 Å². The number of oxime groups is 1. The van der Waals surface area contributed by atoms with Crippen molar-refractivity contribution in [3.05, 3.63) is 22.4 Å². The molecule has 0 aromatic carbocycles. The lowest BCUT2D eigenvalue weighted by Gasteiger charge is -2.34. The average molecular weight is 295 g/mol. The van der Waals surface area contributed by atoms with Crippen molar-refractivity contribution in [1.82, 2.24) is 5.32 Å². The largest absolute Gasteiger partial charge is 0.409 e. The first-order valence-electron chi connectivity index (χ1n) is 6.96. The Balaban J connectivity index is 1.96. The standard InChI is InChI=1S/C14H21N3O2S/c15-12(17-19)14(6-2-1-3-7-14)13(18)16-8-4-11-5-9-20-10-11/h5,9-10,19H,1-4,6-8H2,(H2,15,17)(H,16,18). The number of nitrogens with two attached hydrogens (primary N) is 1. The van der Waals surface area contributed by atoms with E-state index in [1.165, 1.54) is 5.56 Å². The molecule has 0 bridgehead atoms. The fourth-order valence-corrected chi connectivity index (χ4v) is 3.48. The number of nitrogens with one attached hydrogen (secondary N) is 1. The maximum atomic E-state index is 12.5. The van der Waals surface area contributed by atoms with Gasteiger partial charge in [-0.05, 0) is 41.7 Å². The Morgan fingerprint density at radius 2 is 2.20 bits per heavy atom. The Hall–Kier alpha value is -1.56. The fourth-order valence-electron chi connectivity index (χ4n) is 2.78. The molecule has 0 saturated heterocycles. The molecule has 4 N–H and O–H groups in total. The van der Waals surface area contributed by atoms with E-state index in [-0.39, 0.29) is 11.7 Å². The predicted octanol–water partition coefficient (Wildman–Crippen LogP) is 2.10. The van der Waals surface area contributed by atoms with Crippen molar-refractivity contribution >= 4 is 23.1 Å². The number of amidine groups is 1. The molecule has 1 fully saturated rings. The summed E-state index contributed by atoms with van der Waals surface area (Å²) in [4.78, 5) is 12.5. The minimum Gasteiger partial charge on any atom is -0.409 e. The van der Waals surface area contributed by atoms with Crippen LogP contribution in [-0.2, 0) is 11.2 Å². The van der Waals surface area contributed by atoms with E-state index in [1.807, 2.05) is 5.38 Å². The average Bonchev–Trinajstić information content (AvgIpc) is 3.00. The van der Waals surface area contributed by atoms with E-state index in [4.69, 9.17) is 10.9 Å². The Morgan fingerprint density at radius 1 is 1.45 bits per heavy atom. The molecule has 0 aliphatic heterocycles. The molecule has 0 atom stereocenters. The van der Waals surface area contributed by atoms with Gasteiger partial charge in [0.25, 0.3) is 0 Å². The first kappa shape index (κ1) is 14.8. The second kappa shape index (κ2) is 6.74. The minimum absolute atomic E-state index is 0.0465. The van der Waals surface area contributed by atoms with Crippen molar-refractivity contribution in [3.8, 4) is 0 Å². The van der Waals surface area contributed by atoms with Crippen molar-refractivity contribution in [2.24, 2.45) is 16.3 Å². The van der Waals surface area contributed by atoms with Crippen molar-refractivity contribution in [3.63, 3.8) is 0 Å². The summed E-state index contributed by atoms with van der Waals surface area (Å²) in [6, 6.07) is 2.05. The maximum Gasteiger partial charge on any atom is 0.233 e. The predicted molar refractivity (Wildman–Crippen MR) is 80.0 cm³/mol. The molecule has 1 heterocycles. The molecule has 2 rings (SSSR count). The van der Waals surface area contributed by atoms with Crippen LogP contribution in [0.5, 0.6) is 0 Å². The highest BCUT2D eigenvalue weighted by Gasteiger charge is 2.43. The zero-order valence-corrected chi connectivity index (χ0v) is 12.3. The third-order valence-corrected chi connectivity index (χ3v) is 4.75. The van der Waals surface area contributed by atoms with E-state index in [1.54, 1.807) is 11.3 Å². The van der Waals surface area contributed by atoms with Gasteiger partial charge in [0.1, 0.15) is 5.41 Å². The van der Waals surface area contributed by atoms with Gasteiger partial charge in [0.05, 0.1) is 0 Å². The van der Waals surface area contributed by atoms with Crippen molar-refractivity contribution in [1.29, 1.82) is 0 Å². The van der Waals surface area contributed by atoms with E-state index in [0.29, 0.717) is 19.4 Å². The van der Waals surface area contributed by atoms with Gasteiger partial charge < -0.3 is 16.3 Å². The van der Waals surface area contributed by atoms with Gasteiger partial charge in [-0.3, -0.25) is 4.79 Å². The van der Waals surface area contributed by atoms with E-state index in [2.05, 4.69) is 21.9 Å². The van der Waals surface area contributed by atoms with E-state index in [0.717, 1.165) is 25.7 Å². The van der Waals surface area contributed by atoms with Gasteiger partial charge in [-0.1, -0.05) is 24.4 Å². The van der Waals surface area contributed by atoms with E-state index < -0.39 is 5.41 Å². The van der Waals surface area contributed by atoms with Crippen molar-refractivity contribution in [2.45, 2.75) is 38.5 Å². The van der Waals surface area contributed by atoms with Gasteiger partial charge in [0.15, 0.2) is 5.84 Å². The van der Waals surface area contributed by atoms with Crippen LogP contribution in [0.25, 0.3) is 0 Å². The third kappa shape index (κ3) is 3.12. The first-order chi connectivity index (χ1) is 9.69. The lowest BCUT2D eigenvalue weighted by molar-refractivity contribution is -0.129. The molecule has 1 aromatic heterocycles. The fraction of sp³-hybridized carbons (Fsp3) is 0.571. The number of thiophene rings is 1. The summed E-state index contributed by atoms with van der Waals surface area (Å²) in [6.45, 7) is 0.579. The molecule has 1 saturated carbocycles. The van der Waals surface area contributed by atoms with Crippen molar-refractivity contribution < 1.29 is 10.0 Å². The van der Waals surface area contributed by atoms with Crippen LogP contribution in [0.4, 0.5) is 0 Å². The lowest BCUT2D eigenvalue weighted by Crippen LogP contribution is -2.51. The zero-order chi connectivity index (χ0) is 14.4. The highest BCUT2D eigenvalue weighted by Crippen LogP contribution is 2.36. The Morgan fingerprint density at radius 3 is 2.80 bits per heavy atom. The van der Waals surface area contributed by atoms with E-state index in [9.17, 15) is 4.79 Å². The summed E-state index contributed by atoms with van der Waals surface area (Å²) < 4.78 is 0. The highest BCUT2D eigenvalue weighted by atomic mass is 32.1. The number of nitrogens with zero attached hydrogens (tertiary/aromatic N) is 1. The summed E-state index contributed by atoms with van der Waals surface area (Å²) in [6.07, 6.45) is 5.10. The molecule has 20 heavy (non-hydrogen) atoms. The van der Waals surface area contributed by atoms with Crippen LogP contribution >= 0.6 is 11.3 Å². The Bertz CT molecular complexity index is 465. The number of amides is 1. The molecule has 110 valence electrons. The molecule has 0 unspecified atom stereocenters. The SMILES string of the molecule is NC(=NO)C1(C(=O)NCCc2ccsc2)CCCCC1. The Kier molecular flexibility index (Phi) is 5.00. The summed E-state index contributed by atoms with van der Waals surface area (Å²) >= 11 is 1.65. The molecule has 1 aromatic rings. The normalized spacial score (nSPS) is 18.7. The number of hydrogen-bond acceptors (Lipinski definition) is 4. The maximum absolute atomic E-state index is 12.5. The number of carbonyl (C=O) groups is 1. The Labute approximate surface area is 122 Å². The molecule has 1 aliphatic carbocycles.